The van der Waals surface area contributed by atoms with E-state index >= 15 is 0 Å². The number of carbonyl (C=O) groups excluding carboxylic acids is 1. The zero-order valence-corrected chi connectivity index (χ0v) is 9.99. The van der Waals surface area contributed by atoms with Crippen molar-refractivity contribution in [1.29, 1.82) is 0 Å². The number of nitrogens with one attached hydrogen (secondary N) is 1. The van der Waals surface area contributed by atoms with E-state index in [-0.39, 0.29) is 12.4 Å². The third kappa shape index (κ3) is 3.28. The average molecular weight is 253 g/mol. The van der Waals surface area contributed by atoms with Crippen molar-refractivity contribution in [1.82, 2.24) is 10.1 Å². The summed E-state index contributed by atoms with van der Waals surface area (Å²) in [5.41, 5.74) is 1.50. The molecule has 0 atom stereocenters. The van der Waals surface area contributed by atoms with Crippen molar-refractivity contribution < 1.29 is 14.1 Å². The third-order valence-electron chi connectivity index (χ3n) is 2.02. The SMILES string of the molecule is COC(=O)Cc1csc(NCc2ccon2)n1. The van der Waals surface area contributed by atoms with Crippen LogP contribution in [0.5, 0.6) is 0 Å². The molecule has 2 heterocycles. The van der Waals surface area contributed by atoms with Gasteiger partial charge in [0.1, 0.15) is 12.0 Å². The van der Waals surface area contributed by atoms with E-state index in [1.807, 2.05) is 5.38 Å². The summed E-state index contributed by atoms with van der Waals surface area (Å²) in [4.78, 5) is 15.3. The highest BCUT2D eigenvalue weighted by Crippen LogP contribution is 2.16. The molecule has 0 saturated heterocycles. The van der Waals surface area contributed by atoms with Gasteiger partial charge in [-0.2, -0.15) is 0 Å². The molecular weight excluding hydrogens is 242 g/mol. The van der Waals surface area contributed by atoms with Gasteiger partial charge < -0.3 is 14.6 Å². The molecule has 0 unspecified atom stereocenters. The van der Waals surface area contributed by atoms with Crippen LogP contribution in [0.1, 0.15) is 11.4 Å². The van der Waals surface area contributed by atoms with Crippen LogP contribution in [0.15, 0.2) is 22.2 Å². The molecule has 2 aromatic rings. The van der Waals surface area contributed by atoms with E-state index in [0.29, 0.717) is 12.2 Å². The van der Waals surface area contributed by atoms with Gasteiger partial charge >= 0.3 is 5.97 Å². The topological polar surface area (TPSA) is 77.2 Å². The van der Waals surface area contributed by atoms with Crippen LogP contribution in [-0.2, 0) is 22.5 Å². The van der Waals surface area contributed by atoms with E-state index in [1.54, 1.807) is 6.07 Å². The number of thiazole rings is 1. The number of rotatable bonds is 5. The molecule has 0 amide bonds. The first-order chi connectivity index (χ1) is 8.28. The number of methoxy groups -OCH3 is 1. The Morgan fingerprint density at radius 1 is 1.59 bits per heavy atom. The first kappa shape index (κ1) is 11.6. The van der Waals surface area contributed by atoms with Crippen molar-refractivity contribution >= 4 is 22.4 Å². The van der Waals surface area contributed by atoms with Crippen LogP contribution < -0.4 is 5.32 Å². The highest BCUT2D eigenvalue weighted by atomic mass is 32.1. The molecule has 17 heavy (non-hydrogen) atoms. The molecule has 2 rings (SSSR count). The van der Waals surface area contributed by atoms with Gasteiger partial charge in [-0.25, -0.2) is 4.98 Å². The fraction of sp³-hybridized carbons (Fsp3) is 0.300. The van der Waals surface area contributed by atoms with E-state index in [4.69, 9.17) is 4.52 Å². The van der Waals surface area contributed by atoms with Crippen molar-refractivity contribution in [2.24, 2.45) is 0 Å². The first-order valence-corrected chi connectivity index (χ1v) is 5.80. The van der Waals surface area contributed by atoms with E-state index < -0.39 is 0 Å². The van der Waals surface area contributed by atoms with Crippen LogP contribution in [0, 0.1) is 0 Å². The van der Waals surface area contributed by atoms with Crippen LogP contribution >= 0.6 is 11.3 Å². The second kappa shape index (κ2) is 5.44. The Bertz CT molecular complexity index is 481. The number of carbonyl (C=O) groups is 1. The van der Waals surface area contributed by atoms with Crippen LogP contribution in [0.3, 0.4) is 0 Å². The fourth-order valence-corrected chi connectivity index (χ4v) is 1.89. The average Bonchev–Trinajstić information content (AvgIpc) is 2.97. The number of hydrogen-bond acceptors (Lipinski definition) is 7. The highest BCUT2D eigenvalue weighted by molar-refractivity contribution is 7.13. The lowest BCUT2D eigenvalue weighted by molar-refractivity contribution is -0.139. The van der Waals surface area contributed by atoms with E-state index in [9.17, 15) is 4.79 Å². The maximum Gasteiger partial charge on any atom is 0.311 e. The van der Waals surface area contributed by atoms with Gasteiger partial charge in [0, 0.05) is 11.4 Å². The Labute approximate surface area is 102 Å². The van der Waals surface area contributed by atoms with Crippen molar-refractivity contribution in [2.45, 2.75) is 13.0 Å². The number of aromatic nitrogens is 2. The summed E-state index contributed by atoms with van der Waals surface area (Å²) < 4.78 is 9.27. The largest absolute Gasteiger partial charge is 0.469 e. The number of anilines is 1. The Kier molecular flexibility index (Phi) is 3.71. The predicted molar refractivity (Wildman–Crippen MR) is 61.7 cm³/mol. The molecule has 90 valence electrons. The maximum absolute atomic E-state index is 11.0. The quantitative estimate of drug-likeness (QED) is 0.813. The van der Waals surface area contributed by atoms with Crippen molar-refractivity contribution in [3.8, 4) is 0 Å². The Morgan fingerprint density at radius 2 is 2.47 bits per heavy atom. The molecule has 0 spiro atoms. The summed E-state index contributed by atoms with van der Waals surface area (Å²) in [6.07, 6.45) is 1.71. The number of nitrogens with zero attached hydrogens (tertiary/aromatic N) is 2. The Morgan fingerprint density at radius 3 is 3.18 bits per heavy atom. The lowest BCUT2D eigenvalue weighted by Crippen LogP contribution is -2.05. The minimum atomic E-state index is -0.293. The molecule has 0 aliphatic carbocycles. The Hall–Kier alpha value is -1.89. The molecular formula is C10H11N3O3S. The van der Waals surface area contributed by atoms with Gasteiger partial charge in [-0.3, -0.25) is 4.79 Å². The first-order valence-electron chi connectivity index (χ1n) is 4.92. The zero-order chi connectivity index (χ0) is 12.1. The summed E-state index contributed by atoms with van der Waals surface area (Å²) in [7, 11) is 1.36. The van der Waals surface area contributed by atoms with Gasteiger partial charge in [0.25, 0.3) is 0 Å². The summed E-state index contributed by atoms with van der Waals surface area (Å²) >= 11 is 1.44. The molecule has 2 aromatic heterocycles. The van der Waals surface area contributed by atoms with Crippen molar-refractivity contribution in [2.75, 3.05) is 12.4 Å². The molecule has 0 aliphatic rings. The zero-order valence-electron chi connectivity index (χ0n) is 9.17. The van der Waals surface area contributed by atoms with Gasteiger partial charge in [-0.05, 0) is 0 Å². The number of hydrogen-bond donors (Lipinski definition) is 1. The molecule has 6 nitrogen and oxygen atoms in total. The minimum absolute atomic E-state index is 0.193. The van der Waals surface area contributed by atoms with Gasteiger partial charge in [0.05, 0.1) is 25.8 Å². The van der Waals surface area contributed by atoms with Crippen LogP contribution in [0.4, 0.5) is 5.13 Å². The molecule has 0 aromatic carbocycles. The summed E-state index contributed by atoms with van der Waals surface area (Å²) in [5, 5.41) is 9.42. The predicted octanol–water partition coefficient (Wildman–Crippen LogP) is 1.46. The van der Waals surface area contributed by atoms with Crippen molar-refractivity contribution in [3.63, 3.8) is 0 Å². The lowest BCUT2D eigenvalue weighted by Gasteiger charge is -1.97. The second-order valence-corrected chi connectivity index (χ2v) is 4.10. The minimum Gasteiger partial charge on any atom is -0.469 e. The second-order valence-electron chi connectivity index (χ2n) is 3.24. The fourth-order valence-electron chi connectivity index (χ4n) is 1.18. The molecule has 0 aliphatic heterocycles. The highest BCUT2D eigenvalue weighted by Gasteiger charge is 2.07. The van der Waals surface area contributed by atoms with Gasteiger partial charge in [-0.1, -0.05) is 5.16 Å². The van der Waals surface area contributed by atoms with Crippen LogP contribution in [-0.4, -0.2) is 23.2 Å². The molecule has 0 saturated carbocycles. The van der Waals surface area contributed by atoms with E-state index in [1.165, 1.54) is 24.7 Å². The van der Waals surface area contributed by atoms with Crippen LogP contribution in [0.25, 0.3) is 0 Å². The standard InChI is InChI=1S/C10H11N3O3S/c1-15-9(14)4-8-6-17-10(12-8)11-5-7-2-3-16-13-7/h2-3,6H,4-5H2,1H3,(H,11,12). The summed E-state index contributed by atoms with van der Waals surface area (Å²) in [6.45, 7) is 0.543. The lowest BCUT2D eigenvalue weighted by atomic mass is 10.3. The number of ether oxygens (including phenoxy) is 1. The van der Waals surface area contributed by atoms with E-state index in [2.05, 4.69) is 20.2 Å². The van der Waals surface area contributed by atoms with Gasteiger partial charge in [0.15, 0.2) is 5.13 Å². The molecule has 0 bridgehead atoms. The van der Waals surface area contributed by atoms with Crippen molar-refractivity contribution in [3.05, 3.63) is 29.1 Å². The number of esters is 1. The third-order valence-corrected chi connectivity index (χ3v) is 2.87. The van der Waals surface area contributed by atoms with Gasteiger partial charge in [-0.15, -0.1) is 11.3 Å². The monoisotopic (exact) mass is 253 g/mol. The molecule has 1 N–H and O–H groups in total. The van der Waals surface area contributed by atoms with E-state index in [0.717, 1.165) is 10.8 Å². The normalized spacial score (nSPS) is 10.2. The smallest absolute Gasteiger partial charge is 0.311 e. The molecule has 0 fully saturated rings. The molecule has 7 heteroatoms. The maximum atomic E-state index is 11.0. The summed E-state index contributed by atoms with van der Waals surface area (Å²) in [6, 6.07) is 1.77. The van der Waals surface area contributed by atoms with Gasteiger partial charge in [0.2, 0.25) is 0 Å². The molecule has 0 radical (unpaired) electrons. The summed E-state index contributed by atoms with van der Waals surface area (Å²) in [5.74, 6) is -0.293. The van der Waals surface area contributed by atoms with Crippen LogP contribution in [0.2, 0.25) is 0 Å². The Balaban J connectivity index is 1.88.